The fourth-order valence-corrected chi connectivity index (χ4v) is 3.89. The minimum Gasteiger partial charge on any atom is -0.490 e. The van der Waals surface area contributed by atoms with Gasteiger partial charge in [0.25, 0.3) is 11.5 Å². The zero-order valence-corrected chi connectivity index (χ0v) is 18.3. The van der Waals surface area contributed by atoms with Crippen LogP contribution in [-0.2, 0) is 6.54 Å². The molecule has 0 aliphatic heterocycles. The maximum atomic E-state index is 12.8. The number of aromatic amines is 1. The molecule has 4 rings (SSSR count). The number of amides is 1. The van der Waals surface area contributed by atoms with Crippen LogP contribution in [0, 0.1) is 4.77 Å². The van der Waals surface area contributed by atoms with Gasteiger partial charge in [0.2, 0.25) is 0 Å². The Morgan fingerprint density at radius 1 is 1.26 bits per heavy atom. The third-order valence-corrected chi connectivity index (χ3v) is 5.48. The molecule has 0 spiro atoms. The first-order valence-corrected chi connectivity index (χ1v) is 10.6. The van der Waals surface area contributed by atoms with Gasteiger partial charge in [-0.15, -0.1) is 0 Å². The zero-order valence-electron chi connectivity index (χ0n) is 17.5. The van der Waals surface area contributed by atoms with Crippen LogP contribution in [0.3, 0.4) is 0 Å². The Bertz CT molecular complexity index is 1400. The molecular weight excluding hydrogens is 414 g/mol. The van der Waals surface area contributed by atoms with E-state index in [1.54, 1.807) is 18.2 Å². The number of ether oxygens (including phenoxy) is 1. The zero-order chi connectivity index (χ0) is 22.1. The van der Waals surface area contributed by atoms with Gasteiger partial charge >= 0.3 is 0 Å². The number of hydrogen-bond donors (Lipinski definition) is 2. The summed E-state index contributed by atoms with van der Waals surface area (Å²) >= 11 is 5.25. The summed E-state index contributed by atoms with van der Waals surface area (Å²) < 4.78 is 13.4. The van der Waals surface area contributed by atoms with E-state index in [0.29, 0.717) is 51.5 Å². The first-order valence-electron chi connectivity index (χ1n) is 10.2. The minimum absolute atomic E-state index is 0.172. The van der Waals surface area contributed by atoms with Gasteiger partial charge in [0, 0.05) is 17.5 Å². The molecule has 7 nitrogen and oxygen atoms in total. The molecule has 0 aliphatic carbocycles. The van der Waals surface area contributed by atoms with Gasteiger partial charge in [-0.05, 0) is 63.3 Å². The van der Waals surface area contributed by atoms with Gasteiger partial charge < -0.3 is 19.5 Å². The van der Waals surface area contributed by atoms with Gasteiger partial charge in [-0.25, -0.2) is 0 Å². The molecule has 1 atom stereocenters. The first kappa shape index (κ1) is 20.9. The SMILES string of the molecule is CCOc1cccc2cc(C(C)NC(=O)c3ccc4c(=O)n(CC)c(=S)[nH]c4c3)oc12. The van der Waals surface area contributed by atoms with E-state index in [9.17, 15) is 9.59 Å². The number of benzene rings is 2. The summed E-state index contributed by atoms with van der Waals surface area (Å²) in [5.41, 5.74) is 1.44. The van der Waals surface area contributed by atoms with E-state index < -0.39 is 0 Å². The number of carbonyl (C=O) groups is 1. The molecule has 4 aromatic rings. The Kier molecular flexibility index (Phi) is 5.65. The van der Waals surface area contributed by atoms with Crippen LogP contribution >= 0.6 is 12.2 Å². The van der Waals surface area contributed by atoms with E-state index in [2.05, 4.69) is 10.3 Å². The number of carbonyl (C=O) groups excluding carboxylic acids is 1. The van der Waals surface area contributed by atoms with Crippen LogP contribution in [0.25, 0.3) is 21.9 Å². The molecule has 2 heterocycles. The summed E-state index contributed by atoms with van der Waals surface area (Å²) in [5.74, 6) is 1.02. The monoisotopic (exact) mass is 437 g/mol. The third kappa shape index (κ3) is 3.86. The Morgan fingerprint density at radius 3 is 2.81 bits per heavy atom. The molecule has 0 saturated heterocycles. The number of para-hydroxylation sites is 1. The summed E-state index contributed by atoms with van der Waals surface area (Å²) in [6.45, 7) is 6.64. The van der Waals surface area contributed by atoms with Crippen LogP contribution in [0.5, 0.6) is 5.75 Å². The topological polar surface area (TPSA) is 89.3 Å². The molecule has 1 amide bonds. The second-order valence-electron chi connectivity index (χ2n) is 7.19. The van der Waals surface area contributed by atoms with Crippen LogP contribution in [0.2, 0.25) is 0 Å². The smallest absolute Gasteiger partial charge is 0.262 e. The van der Waals surface area contributed by atoms with E-state index in [0.717, 1.165) is 5.39 Å². The number of aromatic nitrogens is 2. The lowest BCUT2D eigenvalue weighted by atomic mass is 10.1. The first-order chi connectivity index (χ1) is 14.9. The summed E-state index contributed by atoms with van der Waals surface area (Å²) in [4.78, 5) is 28.4. The molecular formula is C23H23N3O4S. The van der Waals surface area contributed by atoms with E-state index >= 15 is 0 Å². The van der Waals surface area contributed by atoms with E-state index in [1.165, 1.54) is 4.57 Å². The van der Waals surface area contributed by atoms with Crippen LogP contribution in [0.15, 0.2) is 51.7 Å². The Hall–Kier alpha value is -3.39. The molecule has 160 valence electrons. The van der Waals surface area contributed by atoms with Crippen molar-refractivity contribution >= 4 is 40.0 Å². The van der Waals surface area contributed by atoms with Crippen LogP contribution in [0.4, 0.5) is 0 Å². The molecule has 0 aliphatic rings. The van der Waals surface area contributed by atoms with Crippen molar-refractivity contribution in [3.05, 3.63) is 68.9 Å². The van der Waals surface area contributed by atoms with Crippen molar-refractivity contribution in [1.82, 2.24) is 14.9 Å². The van der Waals surface area contributed by atoms with Crippen molar-refractivity contribution in [2.45, 2.75) is 33.4 Å². The van der Waals surface area contributed by atoms with Crippen molar-refractivity contribution < 1.29 is 13.9 Å². The van der Waals surface area contributed by atoms with Crippen LogP contribution in [-0.4, -0.2) is 22.1 Å². The quantitative estimate of drug-likeness (QED) is 0.426. The highest BCUT2D eigenvalue weighted by molar-refractivity contribution is 7.71. The third-order valence-electron chi connectivity index (χ3n) is 5.16. The number of nitrogens with one attached hydrogen (secondary N) is 2. The lowest BCUT2D eigenvalue weighted by molar-refractivity contribution is 0.0936. The number of furan rings is 1. The fraction of sp³-hybridized carbons (Fsp3) is 0.261. The number of fused-ring (bicyclic) bond motifs is 2. The molecule has 2 aromatic carbocycles. The standard InChI is InChI=1S/C23H23N3O4S/c1-4-26-22(28)16-10-9-15(11-17(16)25-23(26)31)21(27)24-13(3)19-12-14-7-6-8-18(29-5-2)20(14)30-19/h6-13H,4-5H2,1-3H3,(H,24,27)(H,25,31). The van der Waals surface area contributed by atoms with Crippen LogP contribution in [0.1, 0.15) is 42.9 Å². The second kappa shape index (κ2) is 8.39. The van der Waals surface area contributed by atoms with Crippen molar-refractivity contribution in [3.8, 4) is 5.75 Å². The van der Waals surface area contributed by atoms with E-state index in [-0.39, 0.29) is 17.5 Å². The highest BCUT2D eigenvalue weighted by Crippen LogP contribution is 2.31. The lowest BCUT2D eigenvalue weighted by Crippen LogP contribution is -2.26. The molecule has 1 unspecified atom stereocenters. The predicted molar refractivity (Wildman–Crippen MR) is 122 cm³/mol. The molecule has 0 fully saturated rings. The molecule has 2 aromatic heterocycles. The van der Waals surface area contributed by atoms with Gasteiger partial charge in [0.1, 0.15) is 5.76 Å². The minimum atomic E-state index is -0.364. The molecule has 0 radical (unpaired) electrons. The normalized spacial score (nSPS) is 12.2. The summed E-state index contributed by atoms with van der Waals surface area (Å²) in [6.07, 6.45) is 0. The number of nitrogens with zero attached hydrogens (tertiary/aromatic N) is 1. The number of hydrogen-bond acceptors (Lipinski definition) is 5. The van der Waals surface area contributed by atoms with Crippen molar-refractivity contribution in [2.75, 3.05) is 6.61 Å². The van der Waals surface area contributed by atoms with Crippen LogP contribution < -0.4 is 15.6 Å². The van der Waals surface area contributed by atoms with Gasteiger partial charge in [-0.3, -0.25) is 14.2 Å². The second-order valence-corrected chi connectivity index (χ2v) is 7.58. The molecule has 31 heavy (non-hydrogen) atoms. The van der Waals surface area contributed by atoms with Gasteiger partial charge in [-0.2, -0.15) is 0 Å². The fourth-order valence-electron chi connectivity index (χ4n) is 3.57. The predicted octanol–water partition coefficient (Wildman–Crippen LogP) is 4.71. The van der Waals surface area contributed by atoms with Crippen molar-refractivity contribution in [1.29, 1.82) is 0 Å². The highest BCUT2D eigenvalue weighted by atomic mass is 32.1. The number of H-pyrrole nitrogens is 1. The van der Waals surface area contributed by atoms with E-state index in [1.807, 2.05) is 45.0 Å². The van der Waals surface area contributed by atoms with Crippen molar-refractivity contribution in [2.24, 2.45) is 0 Å². The highest BCUT2D eigenvalue weighted by Gasteiger charge is 2.18. The molecule has 0 bridgehead atoms. The summed E-state index contributed by atoms with van der Waals surface area (Å²) in [7, 11) is 0. The van der Waals surface area contributed by atoms with Gasteiger partial charge in [-0.1, -0.05) is 12.1 Å². The average molecular weight is 438 g/mol. The van der Waals surface area contributed by atoms with Gasteiger partial charge in [0.05, 0.1) is 23.6 Å². The van der Waals surface area contributed by atoms with Gasteiger partial charge in [0.15, 0.2) is 16.1 Å². The summed E-state index contributed by atoms with van der Waals surface area (Å²) in [5, 5.41) is 4.34. The number of rotatable bonds is 6. The average Bonchev–Trinajstić information content (AvgIpc) is 3.19. The Balaban J connectivity index is 1.61. The van der Waals surface area contributed by atoms with Crippen molar-refractivity contribution in [3.63, 3.8) is 0 Å². The molecule has 8 heteroatoms. The molecule has 0 saturated carbocycles. The maximum Gasteiger partial charge on any atom is 0.262 e. The Morgan fingerprint density at radius 2 is 2.06 bits per heavy atom. The largest absolute Gasteiger partial charge is 0.490 e. The summed E-state index contributed by atoms with van der Waals surface area (Å²) in [6, 6.07) is 12.1. The Labute approximate surface area is 183 Å². The maximum absolute atomic E-state index is 12.8. The van der Waals surface area contributed by atoms with E-state index in [4.69, 9.17) is 21.4 Å². The lowest BCUT2D eigenvalue weighted by Gasteiger charge is -2.12. The molecule has 2 N–H and O–H groups in total.